The standard InChI is InChI=1S/C14H19N3OS/c1-9-16-12-7-13(11(15)6-14(12)19-9)17-5-3-4-10(8-17)18-2/h6-7,10H,3-5,8,15H2,1-2H3. The van der Waals surface area contributed by atoms with Gasteiger partial charge in [-0.05, 0) is 31.9 Å². The van der Waals surface area contributed by atoms with Crippen LogP contribution in [0.5, 0.6) is 0 Å². The van der Waals surface area contributed by atoms with Crippen LogP contribution in [0.3, 0.4) is 0 Å². The van der Waals surface area contributed by atoms with Crippen LogP contribution >= 0.6 is 11.3 Å². The smallest absolute Gasteiger partial charge is 0.0907 e. The molecule has 102 valence electrons. The highest BCUT2D eigenvalue weighted by Gasteiger charge is 2.21. The van der Waals surface area contributed by atoms with Crippen LogP contribution in [0.25, 0.3) is 10.2 Å². The second-order valence-corrected chi connectivity index (χ2v) is 6.29. The highest BCUT2D eigenvalue weighted by Crippen LogP contribution is 2.33. The lowest BCUT2D eigenvalue weighted by molar-refractivity contribution is 0.0894. The largest absolute Gasteiger partial charge is 0.397 e. The third-order valence-corrected chi connectivity index (χ3v) is 4.63. The van der Waals surface area contributed by atoms with Gasteiger partial charge >= 0.3 is 0 Å². The number of piperidine rings is 1. The van der Waals surface area contributed by atoms with Crippen LogP contribution < -0.4 is 10.6 Å². The first-order valence-electron chi connectivity index (χ1n) is 6.62. The number of ether oxygens (including phenoxy) is 1. The number of thiazole rings is 1. The Labute approximate surface area is 117 Å². The Morgan fingerprint density at radius 2 is 2.32 bits per heavy atom. The number of benzene rings is 1. The summed E-state index contributed by atoms with van der Waals surface area (Å²) in [7, 11) is 1.78. The molecule has 0 bridgehead atoms. The second-order valence-electron chi connectivity index (χ2n) is 5.06. The van der Waals surface area contributed by atoms with Crippen molar-refractivity contribution in [2.45, 2.75) is 25.9 Å². The van der Waals surface area contributed by atoms with Gasteiger partial charge in [-0.1, -0.05) is 0 Å². The van der Waals surface area contributed by atoms with Crippen molar-refractivity contribution in [1.29, 1.82) is 0 Å². The molecule has 5 heteroatoms. The minimum absolute atomic E-state index is 0.306. The second kappa shape index (κ2) is 4.98. The molecule has 4 nitrogen and oxygen atoms in total. The van der Waals surface area contributed by atoms with Crippen LogP contribution in [0.2, 0.25) is 0 Å². The van der Waals surface area contributed by atoms with E-state index in [1.807, 2.05) is 13.0 Å². The number of hydrogen-bond acceptors (Lipinski definition) is 5. The zero-order chi connectivity index (χ0) is 13.4. The minimum Gasteiger partial charge on any atom is -0.397 e. The number of rotatable bonds is 2. The van der Waals surface area contributed by atoms with E-state index in [0.717, 1.165) is 47.8 Å². The predicted molar refractivity (Wildman–Crippen MR) is 81.0 cm³/mol. The fraction of sp³-hybridized carbons (Fsp3) is 0.500. The van der Waals surface area contributed by atoms with Crippen molar-refractivity contribution in [1.82, 2.24) is 4.98 Å². The van der Waals surface area contributed by atoms with Gasteiger partial charge in [0.25, 0.3) is 0 Å². The number of nitrogen functional groups attached to an aromatic ring is 1. The summed E-state index contributed by atoms with van der Waals surface area (Å²) in [5, 5.41) is 1.08. The Balaban J connectivity index is 1.96. The van der Waals surface area contributed by atoms with Gasteiger partial charge in [0, 0.05) is 20.2 Å². The van der Waals surface area contributed by atoms with E-state index in [9.17, 15) is 0 Å². The van der Waals surface area contributed by atoms with Gasteiger partial charge in [0.2, 0.25) is 0 Å². The normalized spacial score (nSPS) is 20.1. The highest BCUT2D eigenvalue weighted by molar-refractivity contribution is 7.18. The number of aryl methyl sites for hydroxylation is 1. The lowest BCUT2D eigenvalue weighted by Gasteiger charge is -2.34. The third kappa shape index (κ3) is 2.40. The SMILES string of the molecule is COC1CCCN(c2cc3nc(C)sc3cc2N)C1. The Bertz CT molecular complexity index is 596. The van der Waals surface area contributed by atoms with Crippen LogP contribution in [0.4, 0.5) is 11.4 Å². The molecular formula is C14H19N3OS. The molecule has 1 atom stereocenters. The summed E-state index contributed by atoms with van der Waals surface area (Å²) in [4.78, 5) is 6.87. The first-order chi connectivity index (χ1) is 9.17. The molecule has 1 aromatic heterocycles. The fourth-order valence-electron chi connectivity index (χ4n) is 2.72. The van der Waals surface area contributed by atoms with E-state index >= 15 is 0 Å². The molecule has 2 aromatic rings. The molecule has 1 aromatic carbocycles. The number of methoxy groups -OCH3 is 1. The van der Waals surface area contributed by atoms with Crippen molar-refractivity contribution < 1.29 is 4.74 Å². The van der Waals surface area contributed by atoms with Crippen LogP contribution in [-0.4, -0.2) is 31.3 Å². The number of anilines is 2. The van der Waals surface area contributed by atoms with E-state index in [0.29, 0.717) is 6.10 Å². The Kier molecular flexibility index (Phi) is 3.33. The minimum atomic E-state index is 0.306. The third-order valence-electron chi connectivity index (χ3n) is 3.70. The van der Waals surface area contributed by atoms with Gasteiger partial charge in [0.1, 0.15) is 0 Å². The first kappa shape index (κ1) is 12.7. The van der Waals surface area contributed by atoms with Gasteiger partial charge in [-0.3, -0.25) is 0 Å². The zero-order valence-corrected chi connectivity index (χ0v) is 12.2. The van der Waals surface area contributed by atoms with Crippen molar-refractivity contribution in [3.63, 3.8) is 0 Å². The van der Waals surface area contributed by atoms with Gasteiger partial charge in [-0.25, -0.2) is 4.98 Å². The maximum Gasteiger partial charge on any atom is 0.0907 e. The number of hydrogen-bond donors (Lipinski definition) is 1. The maximum absolute atomic E-state index is 6.21. The van der Waals surface area contributed by atoms with E-state index in [2.05, 4.69) is 16.0 Å². The lowest BCUT2D eigenvalue weighted by Crippen LogP contribution is -2.39. The van der Waals surface area contributed by atoms with Crippen molar-refractivity contribution >= 4 is 32.9 Å². The molecule has 1 unspecified atom stereocenters. The molecule has 0 radical (unpaired) electrons. The van der Waals surface area contributed by atoms with Gasteiger partial charge in [0.15, 0.2) is 0 Å². The van der Waals surface area contributed by atoms with Gasteiger partial charge < -0.3 is 15.4 Å². The fourth-order valence-corrected chi connectivity index (χ4v) is 3.57. The van der Waals surface area contributed by atoms with Crippen molar-refractivity contribution in [3.8, 4) is 0 Å². The van der Waals surface area contributed by atoms with Gasteiger partial charge in [-0.15, -0.1) is 11.3 Å². The van der Waals surface area contributed by atoms with Crippen LogP contribution in [-0.2, 0) is 4.74 Å². The molecule has 0 aliphatic carbocycles. The predicted octanol–water partition coefficient (Wildman–Crippen LogP) is 2.80. The summed E-state index contributed by atoms with van der Waals surface area (Å²) in [6, 6.07) is 4.16. The van der Waals surface area contributed by atoms with E-state index < -0.39 is 0 Å². The summed E-state index contributed by atoms with van der Waals surface area (Å²) in [6.07, 6.45) is 2.58. The molecule has 0 saturated carbocycles. The van der Waals surface area contributed by atoms with Gasteiger partial charge in [-0.2, -0.15) is 0 Å². The maximum atomic E-state index is 6.21. The Hall–Kier alpha value is -1.33. The molecule has 1 saturated heterocycles. The molecule has 2 N–H and O–H groups in total. The Morgan fingerprint density at radius 3 is 3.11 bits per heavy atom. The molecule has 1 aliphatic rings. The number of aromatic nitrogens is 1. The number of nitrogens with two attached hydrogens (primary N) is 1. The highest BCUT2D eigenvalue weighted by atomic mass is 32.1. The lowest BCUT2D eigenvalue weighted by atomic mass is 10.1. The molecule has 3 rings (SSSR count). The van der Waals surface area contributed by atoms with Crippen LogP contribution in [0.1, 0.15) is 17.8 Å². The van der Waals surface area contributed by atoms with Crippen LogP contribution in [0.15, 0.2) is 12.1 Å². The topological polar surface area (TPSA) is 51.4 Å². The molecule has 2 heterocycles. The van der Waals surface area contributed by atoms with Gasteiger partial charge in [0.05, 0.1) is 32.7 Å². The van der Waals surface area contributed by atoms with E-state index in [-0.39, 0.29) is 0 Å². The molecule has 1 aliphatic heterocycles. The monoisotopic (exact) mass is 277 g/mol. The summed E-state index contributed by atoms with van der Waals surface area (Å²) >= 11 is 1.69. The van der Waals surface area contributed by atoms with Crippen molar-refractivity contribution in [2.75, 3.05) is 30.8 Å². The van der Waals surface area contributed by atoms with Crippen molar-refractivity contribution in [3.05, 3.63) is 17.1 Å². The molecule has 1 fully saturated rings. The molecule has 19 heavy (non-hydrogen) atoms. The molecular weight excluding hydrogens is 258 g/mol. The van der Waals surface area contributed by atoms with Crippen LogP contribution in [0, 0.1) is 6.92 Å². The first-order valence-corrected chi connectivity index (χ1v) is 7.43. The summed E-state index contributed by atoms with van der Waals surface area (Å²) in [5.41, 5.74) is 9.19. The molecule has 0 amide bonds. The average molecular weight is 277 g/mol. The average Bonchev–Trinajstić information content (AvgIpc) is 2.77. The quantitative estimate of drug-likeness (QED) is 0.858. The van der Waals surface area contributed by atoms with E-state index in [1.165, 1.54) is 4.70 Å². The number of nitrogens with zero attached hydrogens (tertiary/aromatic N) is 2. The molecule has 0 spiro atoms. The summed E-state index contributed by atoms with van der Waals surface area (Å²) in [6.45, 7) is 3.98. The summed E-state index contributed by atoms with van der Waals surface area (Å²) in [5.74, 6) is 0. The van der Waals surface area contributed by atoms with Crippen molar-refractivity contribution in [2.24, 2.45) is 0 Å². The summed E-state index contributed by atoms with van der Waals surface area (Å²) < 4.78 is 6.64. The Morgan fingerprint density at radius 1 is 1.47 bits per heavy atom. The zero-order valence-electron chi connectivity index (χ0n) is 11.3. The van der Waals surface area contributed by atoms with E-state index in [4.69, 9.17) is 10.5 Å². The van der Waals surface area contributed by atoms with E-state index in [1.54, 1.807) is 18.4 Å². The number of fused-ring (bicyclic) bond motifs is 1.